The molecule has 0 saturated heterocycles. The Morgan fingerprint density at radius 3 is 2.52 bits per heavy atom. The maximum atomic E-state index is 11.4. The Morgan fingerprint density at radius 1 is 0.963 bits per heavy atom. The van der Waals surface area contributed by atoms with Crippen LogP contribution in [0.1, 0.15) is 49.4 Å². The number of hydrogen-bond donors (Lipinski definition) is 0. The van der Waals surface area contributed by atoms with E-state index >= 15 is 0 Å². The quantitative estimate of drug-likeness (QED) is 0.492. The minimum atomic E-state index is -0.235. The lowest BCUT2D eigenvalue weighted by Gasteiger charge is -2.25. The van der Waals surface area contributed by atoms with Crippen LogP contribution in [-0.2, 0) is 6.61 Å². The molecule has 138 valence electrons. The number of ether oxygens (including phenoxy) is 1. The number of rotatable bonds is 6. The van der Waals surface area contributed by atoms with Gasteiger partial charge in [0.05, 0.1) is 11.2 Å². The first-order valence-corrected chi connectivity index (χ1v) is 9.73. The number of aromatic nitrogens is 1. The van der Waals surface area contributed by atoms with Gasteiger partial charge in [-0.3, -0.25) is 0 Å². The Labute approximate surface area is 159 Å². The van der Waals surface area contributed by atoms with E-state index in [-0.39, 0.29) is 6.04 Å². The van der Waals surface area contributed by atoms with Gasteiger partial charge < -0.3 is 4.74 Å². The highest BCUT2D eigenvalue weighted by Crippen LogP contribution is 2.37. The number of para-hydroxylation sites is 1. The van der Waals surface area contributed by atoms with Crippen LogP contribution in [0.3, 0.4) is 0 Å². The van der Waals surface area contributed by atoms with Crippen LogP contribution in [0.15, 0.2) is 65.8 Å². The SMILES string of the molecule is O=NC(c1ccc(OCc2ccc3ccccc3n2)cc1)C1CCCCC1. The average molecular weight is 360 g/mol. The lowest BCUT2D eigenvalue weighted by atomic mass is 9.81. The van der Waals surface area contributed by atoms with Crippen molar-refractivity contribution in [3.63, 3.8) is 0 Å². The second kappa shape index (κ2) is 8.30. The van der Waals surface area contributed by atoms with Crippen molar-refractivity contribution < 1.29 is 4.74 Å². The fourth-order valence-corrected chi connectivity index (χ4v) is 3.98. The number of nitrogens with zero attached hydrogens (tertiary/aromatic N) is 2. The fraction of sp³-hybridized carbons (Fsp3) is 0.348. The topological polar surface area (TPSA) is 51.5 Å². The summed E-state index contributed by atoms with van der Waals surface area (Å²) in [6.07, 6.45) is 5.88. The van der Waals surface area contributed by atoms with E-state index in [4.69, 9.17) is 4.74 Å². The van der Waals surface area contributed by atoms with Gasteiger partial charge in [0.1, 0.15) is 18.4 Å². The van der Waals surface area contributed by atoms with Crippen LogP contribution in [0.5, 0.6) is 5.75 Å². The molecule has 0 aliphatic heterocycles. The van der Waals surface area contributed by atoms with E-state index < -0.39 is 0 Å². The van der Waals surface area contributed by atoms with Crippen molar-refractivity contribution in [3.05, 3.63) is 76.8 Å². The number of hydrogen-bond acceptors (Lipinski definition) is 4. The van der Waals surface area contributed by atoms with Gasteiger partial charge in [-0.25, -0.2) is 4.98 Å². The van der Waals surface area contributed by atoms with Crippen molar-refractivity contribution in [2.45, 2.75) is 44.8 Å². The van der Waals surface area contributed by atoms with Gasteiger partial charge in [-0.05, 0) is 48.6 Å². The van der Waals surface area contributed by atoms with Crippen LogP contribution < -0.4 is 4.74 Å². The number of pyridine rings is 1. The molecule has 3 aromatic rings. The number of nitroso groups, excluding NO2 is 1. The minimum Gasteiger partial charge on any atom is -0.487 e. The number of fused-ring (bicyclic) bond motifs is 1. The highest BCUT2D eigenvalue weighted by Gasteiger charge is 2.25. The summed E-state index contributed by atoms with van der Waals surface area (Å²) in [7, 11) is 0. The Morgan fingerprint density at radius 2 is 1.74 bits per heavy atom. The Balaban J connectivity index is 1.41. The van der Waals surface area contributed by atoms with Crippen molar-refractivity contribution in [1.82, 2.24) is 4.98 Å². The van der Waals surface area contributed by atoms with Crippen molar-refractivity contribution in [3.8, 4) is 5.75 Å². The molecule has 1 fully saturated rings. The summed E-state index contributed by atoms with van der Waals surface area (Å²) in [5, 5.41) is 4.56. The third-order valence-electron chi connectivity index (χ3n) is 5.47. The van der Waals surface area contributed by atoms with Crippen LogP contribution in [-0.4, -0.2) is 4.98 Å². The van der Waals surface area contributed by atoms with Crippen LogP contribution in [0.4, 0.5) is 0 Å². The minimum absolute atomic E-state index is 0.235. The van der Waals surface area contributed by atoms with Crippen LogP contribution >= 0.6 is 0 Å². The third kappa shape index (κ3) is 4.16. The van der Waals surface area contributed by atoms with E-state index in [2.05, 4.69) is 22.3 Å². The first kappa shape index (κ1) is 17.7. The van der Waals surface area contributed by atoms with E-state index in [1.54, 1.807) is 0 Å². The highest BCUT2D eigenvalue weighted by atomic mass is 16.5. The molecule has 0 N–H and O–H groups in total. The van der Waals surface area contributed by atoms with Crippen LogP contribution in [0.2, 0.25) is 0 Å². The third-order valence-corrected chi connectivity index (χ3v) is 5.47. The van der Waals surface area contributed by atoms with Crippen molar-refractivity contribution in [2.24, 2.45) is 11.1 Å². The molecule has 1 unspecified atom stereocenters. The predicted molar refractivity (Wildman–Crippen MR) is 108 cm³/mol. The maximum absolute atomic E-state index is 11.4. The molecule has 4 heteroatoms. The molecule has 1 saturated carbocycles. The zero-order valence-electron chi connectivity index (χ0n) is 15.4. The molecule has 4 nitrogen and oxygen atoms in total. The first-order chi connectivity index (χ1) is 13.3. The zero-order chi connectivity index (χ0) is 18.5. The fourth-order valence-electron chi connectivity index (χ4n) is 3.98. The lowest BCUT2D eigenvalue weighted by Crippen LogP contribution is -2.14. The second-order valence-corrected chi connectivity index (χ2v) is 7.30. The molecule has 27 heavy (non-hydrogen) atoms. The van der Waals surface area contributed by atoms with Gasteiger partial charge in [-0.1, -0.05) is 60.8 Å². The summed E-state index contributed by atoms with van der Waals surface area (Å²) in [6.45, 7) is 0.419. The summed E-state index contributed by atoms with van der Waals surface area (Å²) in [4.78, 5) is 16.0. The van der Waals surface area contributed by atoms with Gasteiger partial charge in [0, 0.05) is 5.39 Å². The van der Waals surface area contributed by atoms with E-state index in [9.17, 15) is 4.91 Å². The molecule has 1 aliphatic carbocycles. The van der Waals surface area contributed by atoms with Gasteiger partial charge in [0.15, 0.2) is 0 Å². The van der Waals surface area contributed by atoms with Gasteiger partial charge in [-0.15, -0.1) is 0 Å². The summed E-state index contributed by atoms with van der Waals surface area (Å²) in [5.74, 6) is 1.16. The molecule has 0 bridgehead atoms. The first-order valence-electron chi connectivity index (χ1n) is 9.73. The van der Waals surface area contributed by atoms with Crippen molar-refractivity contribution in [2.75, 3.05) is 0 Å². The van der Waals surface area contributed by atoms with Crippen molar-refractivity contribution >= 4 is 10.9 Å². The van der Waals surface area contributed by atoms with E-state index in [0.717, 1.165) is 40.8 Å². The van der Waals surface area contributed by atoms with Crippen LogP contribution in [0, 0.1) is 10.8 Å². The van der Waals surface area contributed by atoms with Crippen LogP contribution in [0.25, 0.3) is 10.9 Å². The molecule has 0 radical (unpaired) electrons. The predicted octanol–water partition coefficient (Wildman–Crippen LogP) is 6.20. The largest absolute Gasteiger partial charge is 0.487 e. The highest BCUT2D eigenvalue weighted by molar-refractivity contribution is 5.78. The normalized spacial score (nSPS) is 16.1. The summed E-state index contributed by atoms with van der Waals surface area (Å²) in [6, 6.07) is 19.7. The monoisotopic (exact) mass is 360 g/mol. The maximum Gasteiger partial charge on any atom is 0.130 e. The molecule has 0 amide bonds. The molecule has 1 atom stereocenters. The average Bonchev–Trinajstić information content (AvgIpc) is 2.74. The molecule has 1 aliphatic rings. The van der Waals surface area contributed by atoms with E-state index in [0.29, 0.717) is 12.5 Å². The molecule has 4 rings (SSSR count). The summed E-state index contributed by atoms with van der Waals surface area (Å²) >= 11 is 0. The summed E-state index contributed by atoms with van der Waals surface area (Å²) < 4.78 is 5.88. The summed E-state index contributed by atoms with van der Waals surface area (Å²) in [5.41, 5.74) is 2.86. The zero-order valence-corrected chi connectivity index (χ0v) is 15.4. The number of benzene rings is 2. The van der Waals surface area contributed by atoms with Gasteiger partial charge >= 0.3 is 0 Å². The molecule has 1 aromatic heterocycles. The Bertz CT molecular complexity index is 902. The van der Waals surface area contributed by atoms with Crippen molar-refractivity contribution in [1.29, 1.82) is 0 Å². The Hall–Kier alpha value is -2.75. The molecule has 0 spiro atoms. The van der Waals surface area contributed by atoms with E-state index in [1.807, 2.05) is 48.5 Å². The second-order valence-electron chi connectivity index (χ2n) is 7.30. The standard InChI is InChI=1S/C23H24N2O2/c26-25-23(18-7-2-1-3-8-18)19-11-14-21(15-12-19)27-16-20-13-10-17-6-4-5-9-22(17)24-20/h4-6,9-15,18,23H,1-3,7-8,16H2. The van der Waals surface area contributed by atoms with Gasteiger partial charge in [-0.2, -0.15) is 4.91 Å². The molecule has 1 heterocycles. The van der Waals surface area contributed by atoms with E-state index in [1.165, 1.54) is 19.3 Å². The van der Waals surface area contributed by atoms with Gasteiger partial charge in [0.2, 0.25) is 0 Å². The van der Waals surface area contributed by atoms with Gasteiger partial charge in [0.25, 0.3) is 0 Å². The smallest absolute Gasteiger partial charge is 0.130 e. The lowest BCUT2D eigenvalue weighted by molar-refractivity contribution is 0.299. The Kier molecular flexibility index (Phi) is 5.42. The molecule has 2 aromatic carbocycles. The molecular weight excluding hydrogens is 336 g/mol. The molecular formula is C23H24N2O2.